The topological polar surface area (TPSA) is 41.6 Å². The molecule has 1 amide bonds. The number of carbonyl (C=O) groups excluding carboxylic acids is 1. The van der Waals surface area contributed by atoms with Crippen LogP contribution in [0.4, 0.5) is 4.79 Å². The molecule has 1 unspecified atom stereocenters. The summed E-state index contributed by atoms with van der Waals surface area (Å²) in [6.45, 7) is 9.23. The molecule has 1 saturated heterocycles. The first-order valence-electron chi connectivity index (χ1n) is 6.88. The summed E-state index contributed by atoms with van der Waals surface area (Å²) in [5.41, 5.74) is 0.924. The van der Waals surface area contributed by atoms with Crippen molar-refractivity contribution in [2.24, 2.45) is 0 Å². The van der Waals surface area contributed by atoms with Crippen LogP contribution in [0.1, 0.15) is 25.5 Å². The van der Waals surface area contributed by atoms with Crippen LogP contribution >= 0.6 is 0 Å². The number of ether oxygens (including phenoxy) is 1. The lowest BCUT2D eigenvalue weighted by Crippen LogP contribution is -2.60. The molecule has 1 aromatic carbocycles. The Balaban J connectivity index is 2.12. The highest BCUT2D eigenvalue weighted by Crippen LogP contribution is 2.26. The van der Waals surface area contributed by atoms with Crippen LogP contribution in [0.3, 0.4) is 0 Å². The molecule has 1 aromatic rings. The number of amides is 1. The van der Waals surface area contributed by atoms with E-state index in [1.165, 1.54) is 5.56 Å². The van der Waals surface area contributed by atoms with E-state index in [1.807, 2.05) is 32.0 Å². The van der Waals surface area contributed by atoms with Gasteiger partial charge in [0.1, 0.15) is 6.61 Å². The van der Waals surface area contributed by atoms with Crippen LogP contribution in [0.25, 0.3) is 0 Å². The van der Waals surface area contributed by atoms with Gasteiger partial charge in [-0.25, -0.2) is 4.79 Å². The molecule has 1 aliphatic rings. The van der Waals surface area contributed by atoms with Crippen molar-refractivity contribution in [3.63, 3.8) is 0 Å². The van der Waals surface area contributed by atoms with E-state index in [2.05, 4.69) is 24.0 Å². The predicted octanol–water partition coefficient (Wildman–Crippen LogP) is 2.73. The van der Waals surface area contributed by atoms with Crippen LogP contribution in [0.5, 0.6) is 0 Å². The highest BCUT2D eigenvalue weighted by molar-refractivity contribution is 5.69. The largest absolute Gasteiger partial charge is 0.445 e. The molecule has 0 aliphatic carbocycles. The zero-order chi connectivity index (χ0) is 14.6. The number of rotatable bonds is 3. The number of hydrogen-bond acceptors (Lipinski definition) is 3. The fourth-order valence-corrected chi connectivity index (χ4v) is 2.40. The van der Waals surface area contributed by atoms with Gasteiger partial charge in [0, 0.05) is 13.1 Å². The van der Waals surface area contributed by atoms with Crippen LogP contribution in [0.15, 0.2) is 43.0 Å². The minimum absolute atomic E-state index is 0.139. The molecule has 0 radical (unpaired) electrons. The first kappa shape index (κ1) is 14.6. The fourth-order valence-electron chi connectivity index (χ4n) is 2.40. The molecular weight excluding hydrogens is 252 g/mol. The zero-order valence-electron chi connectivity index (χ0n) is 12.1. The predicted molar refractivity (Wildman–Crippen MR) is 79.5 cm³/mol. The van der Waals surface area contributed by atoms with Crippen molar-refractivity contribution < 1.29 is 9.53 Å². The lowest BCUT2D eigenvalue weighted by atomic mass is 9.95. The van der Waals surface area contributed by atoms with Gasteiger partial charge in [0.15, 0.2) is 0 Å². The number of nitrogens with zero attached hydrogens (tertiary/aromatic N) is 1. The normalized spacial score (nSPS) is 21.3. The summed E-state index contributed by atoms with van der Waals surface area (Å²) in [4.78, 5) is 14.0. The molecule has 4 nitrogen and oxygen atoms in total. The number of carbonyl (C=O) groups is 1. The number of benzene rings is 1. The van der Waals surface area contributed by atoms with Gasteiger partial charge in [-0.1, -0.05) is 43.0 Å². The first-order chi connectivity index (χ1) is 9.54. The van der Waals surface area contributed by atoms with Crippen LogP contribution < -0.4 is 5.32 Å². The Morgan fingerprint density at radius 3 is 2.85 bits per heavy atom. The molecule has 108 valence electrons. The molecule has 1 aliphatic heterocycles. The van der Waals surface area contributed by atoms with Gasteiger partial charge < -0.3 is 10.1 Å². The van der Waals surface area contributed by atoms with Gasteiger partial charge in [-0.05, 0) is 19.4 Å². The van der Waals surface area contributed by atoms with E-state index in [1.54, 1.807) is 11.0 Å². The Morgan fingerprint density at radius 2 is 2.20 bits per heavy atom. The second kappa shape index (κ2) is 6.09. The third kappa shape index (κ3) is 3.20. The Morgan fingerprint density at radius 1 is 1.50 bits per heavy atom. The molecule has 1 atom stereocenters. The van der Waals surface area contributed by atoms with Gasteiger partial charge in [0.05, 0.1) is 11.6 Å². The second-order valence-electron chi connectivity index (χ2n) is 5.63. The maximum absolute atomic E-state index is 12.2. The van der Waals surface area contributed by atoms with Crippen LogP contribution in [0.2, 0.25) is 0 Å². The quantitative estimate of drug-likeness (QED) is 0.862. The first-order valence-corrected chi connectivity index (χ1v) is 6.88. The van der Waals surface area contributed by atoms with E-state index >= 15 is 0 Å². The van der Waals surface area contributed by atoms with Crippen molar-refractivity contribution in [2.45, 2.75) is 25.4 Å². The molecule has 1 N–H and O–H groups in total. The van der Waals surface area contributed by atoms with E-state index in [-0.39, 0.29) is 24.3 Å². The second-order valence-corrected chi connectivity index (χ2v) is 5.63. The number of piperazine rings is 1. The van der Waals surface area contributed by atoms with Gasteiger partial charge in [-0.3, -0.25) is 4.90 Å². The third-order valence-electron chi connectivity index (χ3n) is 3.62. The molecule has 20 heavy (non-hydrogen) atoms. The summed E-state index contributed by atoms with van der Waals surface area (Å²) in [5.74, 6) is 0. The Labute approximate surface area is 120 Å². The summed E-state index contributed by atoms with van der Waals surface area (Å²) >= 11 is 0. The highest BCUT2D eigenvalue weighted by Gasteiger charge is 2.38. The summed E-state index contributed by atoms with van der Waals surface area (Å²) in [6, 6.07) is 10.3. The molecule has 0 saturated carbocycles. The minimum atomic E-state index is -0.280. The lowest BCUT2D eigenvalue weighted by Gasteiger charge is -2.45. The van der Waals surface area contributed by atoms with Crippen molar-refractivity contribution >= 4 is 6.09 Å². The fraction of sp³-hybridized carbons (Fsp3) is 0.438. The van der Waals surface area contributed by atoms with Crippen molar-refractivity contribution in [3.05, 3.63) is 48.6 Å². The SMILES string of the molecule is C=CCOC(=O)N1CC(c2ccccc2)NCC1(C)C. The summed E-state index contributed by atoms with van der Waals surface area (Å²) < 4.78 is 5.19. The maximum Gasteiger partial charge on any atom is 0.410 e. The van der Waals surface area contributed by atoms with Crippen molar-refractivity contribution in [2.75, 3.05) is 19.7 Å². The van der Waals surface area contributed by atoms with Crippen molar-refractivity contribution in [3.8, 4) is 0 Å². The van der Waals surface area contributed by atoms with Crippen molar-refractivity contribution in [1.29, 1.82) is 0 Å². The zero-order valence-corrected chi connectivity index (χ0v) is 12.1. The summed E-state index contributed by atoms with van der Waals surface area (Å²) in [7, 11) is 0. The lowest BCUT2D eigenvalue weighted by molar-refractivity contribution is 0.0431. The van der Waals surface area contributed by atoms with Gasteiger partial charge >= 0.3 is 6.09 Å². The minimum Gasteiger partial charge on any atom is -0.445 e. The average Bonchev–Trinajstić information content (AvgIpc) is 2.45. The van der Waals surface area contributed by atoms with Crippen molar-refractivity contribution in [1.82, 2.24) is 10.2 Å². The number of hydrogen-bond donors (Lipinski definition) is 1. The van der Waals surface area contributed by atoms with Gasteiger partial charge in [0.2, 0.25) is 0 Å². The van der Waals surface area contributed by atoms with Gasteiger partial charge in [-0.15, -0.1) is 0 Å². The van der Waals surface area contributed by atoms with Crippen LogP contribution in [-0.4, -0.2) is 36.2 Å². The molecule has 4 heteroatoms. The molecule has 0 aromatic heterocycles. The monoisotopic (exact) mass is 274 g/mol. The maximum atomic E-state index is 12.2. The molecular formula is C16H22N2O2. The summed E-state index contributed by atoms with van der Waals surface area (Å²) in [5, 5.41) is 3.50. The van der Waals surface area contributed by atoms with Gasteiger partial charge in [-0.2, -0.15) is 0 Å². The Bertz CT molecular complexity index is 471. The molecule has 1 heterocycles. The molecule has 0 bridgehead atoms. The van der Waals surface area contributed by atoms with E-state index in [0.29, 0.717) is 6.54 Å². The standard InChI is InChI=1S/C16H22N2O2/c1-4-10-20-15(19)18-11-14(17-12-16(18,2)3)13-8-6-5-7-9-13/h4-9,14,17H,1,10-12H2,2-3H3. The smallest absolute Gasteiger partial charge is 0.410 e. The Kier molecular flexibility index (Phi) is 4.45. The van der Waals surface area contributed by atoms with E-state index < -0.39 is 0 Å². The average molecular weight is 274 g/mol. The number of nitrogens with one attached hydrogen (secondary N) is 1. The van der Waals surface area contributed by atoms with E-state index in [4.69, 9.17) is 4.74 Å². The molecule has 0 spiro atoms. The Hall–Kier alpha value is -1.81. The summed E-state index contributed by atoms with van der Waals surface area (Å²) in [6.07, 6.45) is 1.30. The third-order valence-corrected chi connectivity index (χ3v) is 3.62. The molecule has 1 fully saturated rings. The highest BCUT2D eigenvalue weighted by atomic mass is 16.6. The van der Waals surface area contributed by atoms with Gasteiger partial charge in [0.25, 0.3) is 0 Å². The van der Waals surface area contributed by atoms with E-state index in [0.717, 1.165) is 6.54 Å². The molecule has 2 rings (SSSR count). The van der Waals surface area contributed by atoms with Crippen LogP contribution in [0, 0.1) is 0 Å². The van der Waals surface area contributed by atoms with E-state index in [9.17, 15) is 4.79 Å². The van der Waals surface area contributed by atoms with Crippen LogP contribution in [-0.2, 0) is 4.74 Å².